The summed E-state index contributed by atoms with van der Waals surface area (Å²) in [6.45, 7) is 2.74. The highest BCUT2D eigenvalue weighted by molar-refractivity contribution is 7.12. The van der Waals surface area contributed by atoms with Gasteiger partial charge in [0.1, 0.15) is 12.4 Å². The number of nitrogens with one attached hydrogen (secondary N) is 1. The van der Waals surface area contributed by atoms with E-state index in [9.17, 15) is 9.59 Å². The van der Waals surface area contributed by atoms with Crippen LogP contribution in [0.3, 0.4) is 0 Å². The molecule has 0 spiro atoms. The maximum Gasteiger partial charge on any atom is 0.346 e. The van der Waals surface area contributed by atoms with Crippen LogP contribution in [0.4, 0.5) is 0 Å². The van der Waals surface area contributed by atoms with Crippen LogP contribution in [0.2, 0.25) is 5.02 Å². The Kier molecular flexibility index (Phi) is 7.66. The third-order valence-electron chi connectivity index (χ3n) is 5.85. The number of amides is 1. The van der Waals surface area contributed by atoms with Gasteiger partial charge in [-0.05, 0) is 43.2 Å². The van der Waals surface area contributed by atoms with Crippen molar-refractivity contribution in [2.24, 2.45) is 5.10 Å². The number of halogens is 1. The average Bonchev–Trinajstić information content (AvgIpc) is 3.65. The highest BCUT2D eigenvalue weighted by atomic mass is 35.5. The number of aromatic nitrogens is 6. The van der Waals surface area contributed by atoms with Crippen molar-refractivity contribution in [2.75, 3.05) is 0 Å². The number of thiazole rings is 1. The Balaban J connectivity index is 1.33. The monoisotopic (exact) mass is 548 g/mol. The normalized spacial score (nSPS) is 11.7. The first-order chi connectivity index (χ1) is 18.5. The molecule has 0 saturated heterocycles. The lowest BCUT2D eigenvalue weighted by atomic mass is 10.2. The zero-order valence-corrected chi connectivity index (χ0v) is 22.1. The van der Waals surface area contributed by atoms with Crippen LogP contribution in [0.25, 0.3) is 16.1 Å². The number of carbonyl (C=O) groups is 1. The van der Waals surface area contributed by atoms with E-state index in [1.807, 2.05) is 76.1 Å². The molecule has 0 aliphatic rings. The second-order valence-corrected chi connectivity index (χ2v) is 9.98. The Morgan fingerprint density at radius 3 is 2.63 bits per heavy atom. The molecule has 194 valence electrons. The highest BCUT2D eigenvalue weighted by Crippen LogP contribution is 2.25. The van der Waals surface area contributed by atoms with Crippen LogP contribution < -0.4 is 15.9 Å². The Morgan fingerprint density at radius 2 is 1.89 bits per heavy atom. The molecule has 1 N–H and O–H groups in total. The summed E-state index contributed by atoms with van der Waals surface area (Å²) in [7, 11) is 0. The van der Waals surface area contributed by atoms with E-state index in [1.165, 1.54) is 11.3 Å². The zero-order valence-electron chi connectivity index (χ0n) is 20.6. The lowest BCUT2D eigenvalue weighted by Gasteiger charge is -2.04. The van der Waals surface area contributed by atoms with Gasteiger partial charge in [-0.1, -0.05) is 53.3 Å². The fourth-order valence-corrected chi connectivity index (χ4v) is 5.05. The van der Waals surface area contributed by atoms with Crippen LogP contribution in [-0.4, -0.2) is 34.4 Å². The summed E-state index contributed by atoms with van der Waals surface area (Å²) in [5.74, 6) is 0.106. The predicted octanol–water partition coefficient (Wildman–Crippen LogP) is 3.44. The van der Waals surface area contributed by atoms with Gasteiger partial charge in [-0.25, -0.2) is 19.9 Å². The summed E-state index contributed by atoms with van der Waals surface area (Å²) in [6.07, 6.45) is 8.03. The summed E-state index contributed by atoms with van der Waals surface area (Å²) in [5.41, 5.74) is 4.14. The van der Waals surface area contributed by atoms with E-state index in [4.69, 9.17) is 11.6 Å². The predicted molar refractivity (Wildman–Crippen MR) is 146 cm³/mol. The largest absolute Gasteiger partial charge is 0.346 e. The van der Waals surface area contributed by atoms with Gasteiger partial charge in [-0.3, -0.25) is 13.9 Å². The molecule has 0 fully saturated rings. The average molecular weight is 549 g/mol. The van der Waals surface area contributed by atoms with Crippen molar-refractivity contribution in [3.63, 3.8) is 0 Å². The number of hydrogen-bond acceptors (Lipinski definition) is 6. The molecule has 2 aromatic carbocycles. The number of hydrogen-bond donors (Lipinski definition) is 1. The molecule has 12 heteroatoms. The van der Waals surface area contributed by atoms with Crippen molar-refractivity contribution in [3.05, 3.63) is 106 Å². The Bertz CT molecular complexity index is 1650. The number of aryl methyl sites for hydroxylation is 2. The summed E-state index contributed by atoms with van der Waals surface area (Å²) in [6, 6.07) is 17.3. The molecule has 3 aromatic heterocycles. The quantitative estimate of drug-likeness (QED) is 0.285. The van der Waals surface area contributed by atoms with Crippen molar-refractivity contribution in [2.45, 2.75) is 33.0 Å². The lowest BCUT2D eigenvalue weighted by molar-refractivity contribution is -0.122. The van der Waals surface area contributed by atoms with Gasteiger partial charge >= 0.3 is 5.69 Å². The number of nitrogens with zero attached hydrogens (tertiary/aromatic N) is 7. The lowest BCUT2D eigenvalue weighted by Crippen LogP contribution is -2.33. The van der Waals surface area contributed by atoms with Crippen molar-refractivity contribution >= 4 is 28.8 Å². The molecule has 1 amide bonds. The Labute approximate surface area is 227 Å². The maximum absolute atomic E-state index is 12.8. The third-order valence-corrected chi connectivity index (χ3v) is 7.13. The minimum absolute atomic E-state index is 0.238. The molecular weight excluding hydrogens is 524 g/mol. The van der Waals surface area contributed by atoms with Crippen LogP contribution in [-0.2, 0) is 24.4 Å². The zero-order chi connectivity index (χ0) is 26.5. The highest BCUT2D eigenvalue weighted by Gasteiger charge is 2.13. The first-order valence-corrected chi connectivity index (χ1v) is 13.1. The van der Waals surface area contributed by atoms with Crippen LogP contribution in [0.5, 0.6) is 0 Å². The molecule has 0 saturated carbocycles. The molecular formula is C26H25ClN8O2S. The van der Waals surface area contributed by atoms with Gasteiger partial charge in [-0.15, -0.1) is 5.10 Å². The number of para-hydroxylation sites is 1. The fraction of sp³-hybridized carbons (Fsp3) is 0.192. The Morgan fingerprint density at radius 1 is 1.11 bits per heavy atom. The second kappa shape index (κ2) is 11.4. The molecule has 0 bridgehead atoms. The van der Waals surface area contributed by atoms with Crippen LogP contribution in [0, 0.1) is 6.92 Å². The third kappa shape index (κ3) is 5.84. The molecule has 5 aromatic rings. The molecule has 0 radical (unpaired) electrons. The van der Waals surface area contributed by atoms with Gasteiger partial charge in [0, 0.05) is 42.4 Å². The SMILES string of the molecule is Cc1nn(CC(=O)NN=c2sc(-c3ccc(Cl)cc3)cn2-c2ccccc2)c(=O)n1CCCn1ccnc1. The van der Waals surface area contributed by atoms with E-state index in [0.717, 1.165) is 33.8 Å². The molecule has 0 aliphatic heterocycles. The molecule has 5 rings (SSSR count). The van der Waals surface area contributed by atoms with Gasteiger partial charge in [0.25, 0.3) is 5.91 Å². The van der Waals surface area contributed by atoms with E-state index in [2.05, 4.69) is 20.6 Å². The van der Waals surface area contributed by atoms with E-state index in [-0.39, 0.29) is 12.2 Å². The van der Waals surface area contributed by atoms with Gasteiger partial charge in [-0.2, -0.15) is 5.10 Å². The molecule has 3 heterocycles. The van der Waals surface area contributed by atoms with Crippen LogP contribution in [0.15, 0.2) is 89.4 Å². The summed E-state index contributed by atoms with van der Waals surface area (Å²) < 4.78 is 6.59. The van der Waals surface area contributed by atoms with Crippen molar-refractivity contribution in [1.82, 2.24) is 33.9 Å². The molecule has 10 nitrogen and oxygen atoms in total. The van der Waals surface area contributed by atoms with Gasteiger partial charge in [0.05, 0.1) is 11.2 Å². The first kappa shape index (κ1) is 25.4. The molecule has 38 heavy (non-hydrogen) atoms. The minimum atomic E-state index is -0.448. The van der Waals surface area contributed by atoms with E-state index < -0.39 is 5.91 Å². The number of rotatable bonds is 9. The first-order valence-electron chi connectivity index (χ1n) is 11.9. The topological polar surface area (TPSA) is 104 Å². The fourth-order valence-electron chi connectivity index (χ4n) is 3.97. The summed E-state index contributed by atoms with van der Waals surface area (Å²) >= 11 is 7.47. The Hall–Kier alpha value is -4.22. The van der Waals surface area contributed by atoms with E-state index in [1.54, 1.807) is 24.0 Å². The van der Waals surface area contributed by atoms with E-state index in [0.29, 0.717) is 22.2 Å². The standard InChI is InChI=1S/C26H25ClN8O2S/c1-19-31-35(26(37)33(19)14-5-13-32-15-12-28-18-32)17-24(36)29-30-25-34(22-6-3-2-4-7-22)16-23(38-25)20-8-10-21(27)11-9-20/h2-4,6-12,15-16,18H,5,13-14,17H2,1H3,(H,29,36). The van der Waals surface area contributed by atoms with Crippen LogP contribution in [0.1, 0.15) is 12.2 Å². The molecule has 0 aliphatic carbocycles. The minimum Gasteiger partial charge on any atom is -0.337 e. The van der Waals surface area contributed by atoms with E-state index >= 15 is 0 Å². The smallest absolute Gasteiger partial charge is 0.337 e. The van der Waals surface area contributed by atoms with Gasteiger partial charge < -0.3 is 4.57 Å². The van der Waals surface area contributed by atoms with Gasteiger partial charge in [0.15, 0.2) is 0 Å². The number of benzene rings is 2. The number of imidazole rings is 1. The van der Waals surface area contributed by atoms with Crippen molar-refractivity contribution in [3.8, 4) is 16.1 Å². The summed E-state index contributed by atoms with van der Waals surface area (Å²) in [4.78, 5) is 31.1. The van der Waals surface area contributed by atoms with Crippen LogP contribution >= 0.6 is 22.9 Å². The second-order valence-electron chi connectivity index (χ2n) is 8.53. The van der Waals surface area contributed by atoms with Crippen molar-refractivity contribution < 1.29 is 4.79 Å². The summed E-state index contributed by atoms with van der Waals surface area (Å²) in [5, 5.41) is 9.30. The van der Waals surface area contributed by atoms with Gasteiger partial charge in [0.2, 0.25) is 4.80 Å². The molecule has 0 unspecified atom stereocenters. The number of carbonyl (C=O) groups excluding carboxylic acids is 1. The van der Waals surface area contributed by atoms with Crippen molar-refractivity contribution in [1.29, 1.82) is 0 Å². The maximum atomic E-state index is 12.8. The molecule has 0 atom stereocenters.